The van der Waals surface area contributed by atoms with Crippen molar-refractivity contribution in [3.8, 4) is 34.6 Å². The first kappa shape index (κ1) is 16.7. The lowest BCUT2D eigenvalue weighted by molar-refractivity contribution is 0.621. The number of aromatic nitrogens is 6. The predicted octanol–water partition coefficient (Wildman–Crippen LogP) is 3.47. The van der Waals surface area contributed by atoms with Gasteiger partial charge in [0.2, 0.25) is 0 Å². The lowest BCUT2D eigenvalue weighted by atomic mass is 10.3. The molecular formula is C18H9F3N6. The summed E-state index contributed by atoms with van der Waals surface area (Å²) in [6.07, 6.45) is 3.10. The average molecular weight is 366 g/mol. The van der Waals surface area contributed by atoms with Gasteiger partial charge < -0.3 is 0 Å². The Labute approximate surface area is 150 Å². The van der Waals surface area contributed by atoms with Crippen molar-refractivity contribution in [2.45, 2.75) is 0 Å². The highest BCUT2D eigenvalue weighted by molar-refractivity contribution is 5.61. The topological polar surface area (TPSA) is 77.3 Å². The first-order chi connectivity index (χ1) is 13.1. The van der Waals surface area contributed by atoms with E-state index in [-0.39, 0.29) is 17.5 Å². The molecule has 6 nitrogen and oxygen atoms in total. The molecule has 0 aliphatic rings. The Morgan fingerprint density at radius 1 is 0.444 bits per heavy atom. The summed E-state index contributed by atoms with van der Waals surface area (Å²) >= 11 is 0. The lowest BCUT2D eigenvalue weighted by Crippen LogP contribution is -2.03. The van der Waals surface area contributed by atoms with Crippen LogP contribution in [0.1, 0.15) is 0 Å². The van der Waals surface area contributed by atoms with E-state index in [4.69, 9.17) is 0 Å². The minimum atomic E-state index is -0.506. The summed E-state index contributed by atoms with van der Waals surface area (Å²) in [5.74, 6) is -1.08. The fourth-order valence-electron chi connectivity index (χ4n) is 2.24. The van der Waals surface area contributed by atoms with Crippen LogP contribution in [-0.4, -0.2) is 29.9 Å². The molecule has 0 saturated heterocycles. The zero-order valence-electron chi connectivity index (χ0n) is 13.5. The van der Waals surface area contributed by atoms with E-state index in [0.29, 0.717) is 17.1 Å². The molecule has 4 rings (SSSR count). The third kappa shape index (κ3) is 3.61. The largest absolute Gasteiger partial charge is 0.250 e. The van der Waals surface area contributed by atoms with E-state index in [1.807, 2.05) is 0 Å². The minimum Gasteiger partial charge on any atom is -0.250 e. The number of hydrogen-bond donors (Lipinski definition) is 0. The summed E-state index contributed by atoms with van der Waals surface area (Å²) in [7, 11) is 0. The molecule has 0 unspecified atom stereocenters. The highest BCUT2D eigenvalue weighted by atomic mass is 19.1. The summed E-state index contributed by atoms with van der Waals surface area (Å²) in [5, 5.41) is 0. The Morgan fingerprint density at radius 2 is 0.741 bits per heavy atom. The molecule has 27 heavy (non-hydrogen) atoms. The molecule has 0 amide bonds. The number of nitrogens with zero attached hydrogens (tertiary/aromatic N) is 6. The van der Waals surface area contributed by atoms with Gasteiger partial charge in [-0.25, -0.2) is 43.1 Å². The third-order valence-corrected chi connectivity index (χ3v) is 3.50. The van der Waals surface area contributed by atoms with Gasteiger partial charge in [-0.3, -0.25) is 0 Å². The van der Waals surface area contributed by atoms with Crippen molar-refractivity contribution in [3.05, 3.63) is 72.4 Å². The molecule has 4 aromatic rings. The Balaban J connectivity index is 1.89. The molecular weight excluding hydrogens is 357 g/mol. The zero-order chi connectivity index (χ0) is 18.8. The van der Waals surface area contributed by atoms with E-state index >= 15 is 0 Å². The molecule has 0 saturated carbocycles. The number of halogens is 3. The quantitative estimate of drug-likeness (QED) is 0.553. The highest BCUT2D eigenvalue weighted by Gasteiger charge is 2.14. The lowest BCUT2D eigenvalue weighted by Gasteiger charge is -2.07. The van der Waals surface area contributed by atoms with E-state index < -0.39 is 17.5 Å². The van der Waals surface area contributed by atoms with Crippen LogP contribution < -0.4 is 0 Å². The Kier molecular flexibility index (Phi) is 4.25. The van der Waals surface area contributed by atoms with Crippen molar-refractivity contribution >= 4 is 0 Å². The molecule has 0 spiro atoms. The van der Waals surface area contributed by atoms with Crippen molar-refractivity contribution in [2.75, 3.05) is 0 Å². The van der Waals surface area contributed by atoms with Crippen LogP contribution in [0, 0.1) is 17.5 Å². The fourth-order valence-corrected chi connectivity index (χ4v) is 2.24. The van der Waals surface area contributed by atoms with Gasteiger partial charge in [-0.2, -0.15) is 0 Å². The van der Waals surface area contributed by atoms with Crippen molar-refractivity contribution in [2.24, 2.45) is 0 Å². The van der Waals surface area contributed by atoms with Gasteiger partial charge in [0.25, 0.3) is 0 Å². The van der Waals surface area contributed by atoms with Crippen molar-refractivity contribution in [1.29, 1.82) is 0 Å². The summed E-state index contributed by atoms with van der Waals surface area (Å²) in [4.78, 5) is 24.7. The van der Waals surface area contributed by atoms with Crippen LogP contribution >= 0.6 is 0 Å². The Hall–Kier alpha value is -3.75. The maximum atomic E-state index is 13.2. The van der Waals surface area contributed by atoms with Gasteiger partial charge in [0.15, 0.2) is 17.5 Å². The van der Waals surface area contributed by atoms with Gasteiger partial charge in [-0.15, -0.1) is 0 Å². The van der Waals surface area contributed by atoms with Crippen molar-refractivity contribution in [1.82, 2.24) is 29.9 Å². The van der Waals surface area contributed by atoms with Crippen LogP contribution in [0.4, 0.5) is 13.2 Å². The number of rotatable bonds is 3. The van der Waals surface area contributed by atoms with E-state index in [0.717, 1.165) is 18.6 Å². The summed E-state index contributed by atoms with van der Waals surface area (Å²) in [6, 6.07) is 7.89. The molecule has 4 aromatic heterocycles. The van der Waals surface area contributed by atoms with Gasteiger partial charge in [-0.05, 0) is 36.4 Å². The summed E-state index contributed by atoms with van der Waals surface area (Å²) in [5.41, 5.74) is 0.890. The maximum absolute atomic E-state index is 13.2. The normalized spacial score (nSPS) is 10.8. The van der Waals surface area contributed by atoms with Gasteiger partial charge in [0, 0.05) is 0 Å². The fraction of sp³-hybridized carbons (Fsp3) is 0. The standard InChI is InChI=1S/C18H9F3N6/c19-10-1-4-13(22-7-10)16-25-17(14-5-2-11(20)8-23-14)27-18(26-16)15-6-3-12(21)9-24-15/h1-9H. The molecule has 9 heteroatoms. The minimum absolute atomic E-state index is 0.146. The zero-order valence-corrected chi connectivity index (χ0v) is 13.5. The third-order valence-electron chi connectivity index (χ3n) is 3.50. The molecule has 0 aliphatic carbocycles. The van der Waals surface area contributed by atoms with E-state index in [2.05, 4.69) is 29.9 Å². The molecule has 4 heterocycles. The second-order valence-electron chi connectivity index (χ2n) is 5.39. The molecule has 0 fully saturated rings. The maximum Gasteiger partial charge on any atom is 0.182 e. The SMILES string of the molecule is Fc1ccc(-c2nc(-c3ccc(F)cn3)nc(-c3ccc(F)cn3)n2)nc1. The van der Waals surface area contributed by atoms with Crippen LogP contribution in [0.15, 0.2) is 55.0 Å². The second kappa shape index (κ2) is 6.87. The smallest absolute Gasteiger partial charge is 0.182 e. The molecule has 132 valence electrons. The van der Waals surface area contributed by atoms with Crippen LogP contribution in [0.5, 0.6) is 0 Å². The molecule has 0 N–H and O–H groups in total. The summed E-state index contributed by atoms with van der Waals surface area (Å²) < 4.78 is 39.5. The van der Waals surface area contributed by atoms with Crippen molar-refractivity contribution in [3.63, 3.8) is 0 Å². The summed E-state index contributed by atoms with van der Waals surface area (Å²) in [6.45, 7) is 0. The molecule has 0 aliphatic heterocycles. The predicted molar refractivity (Wildman–Crippen MR) is 89.4 cm³/mol. The first-order valence-electron chi connectivity index (χ1n) is 7.70. The number of hydrogen-bond acceptors (Lipinski definition) is 6. The Bertz CT molecular complexity index is 930. The van der Waals surface area contributed by atoms with E-state index in [1.165, 1.54) is 36.4 Å². The molecule has 0 bridgehead atoms. The van der Waals surface area contributed by atoms with Gasteiger partial charge in [-0.1, -0.05) is 0 Å². The van der Waals surface area contributed by atoms with E-state index in [9.17, 15) is 13.2 Å². The van der Waals surface area contributed by atoms with E-state index in [1.54, 1.807) is 0 Å². The van der Waals surface area contributed by atoms with Crippen LogP contribution in [0.25, 0.3) is 34.6 Å². The van der Waals surface area contributed by atoms with Gasteiger partial charge in [0.05, 0.1) is 18.6 Å². The van der Waals surface area contributed by atoms with Crippen LogP contribution in [0.3, 0.4) is 0 Å². The average Bonchev–Trinajstić information content (AvgIpc) is 2.69. The first-order valence-corrected chi connectivity index (χ1v) is 7.70. The molecule has 0 aromatic carbocycles. The highest BCUT2D eigenvalue weighted by Crippen LogP contribution is 2.22. The Morgan fingerprint density at radius 3 is 0.963 bits per heavy atom. The van der Waals surface area contributed by atoms with Gasteiger partial charge >= 0.3 is 0 Å². The van der Waals surface area contributed by atoms with Gasteiger partial charge in [0.1, 0.15) is 34.5 Å². The second-order valence-corrected chi connectivity index (χ2v) is 5.39. The molecule has 0 atom stereocenters. The monoisotopic (exact) mass is 366 g/mol. The number of pyridine rings is 3. The van der Waals surface area contributed by atoms with Crippen LogP contribution in [0.2, 0.25) is 0 Å². The molecule has 0 radical (unpaired) electrons. The van der Waals surface area contributed by atoms with Crippen LogP contribution in [-0.2, 0) is 0 Å². The van der Waals surface area contributed by atoms with Crippen molar-refractivity contribution < 1.29 is 13.2 Å².